The molecular weight excluding hydrogens is 652 g/mol. The molecule has 1 saturated heterocycles. The first-order valence-electron chi connectivity index (χ1n) is 17.3. The fourth-order valence-corrected chi connectivity index (χ4v) is 5.00. The van der Waals surface area contributed by atoms with Gasteiger partial charge in [0.05, 0.1) is 51.2 Å². The Morgan fingerprint density at radius 3 is 2.06 bits per heavy atom. The maximum atomic E-state index is 13.7. The molecule has 1 heterocycles. The van der Waals surface area contributed by atoms with Gasteiger partial charge in [-0.05, 0) is 57.3 Å². The lowest BCUT2D eigenvalue weighted by molar-refractivity contribution is -0.143. The Kier molecular flexibility index (Phi) is 20.5. The van der Waals surface area contributed by atoms with Crippen LogP contribution in [0.4, 0.5) is 4.79 Å². The Morgan fingerprint density at radius 2 is 1.50 bits per heavy atom. The lowest BCUT2D eigenvalue weighted by Gasteiger charge is -2.31. The number of nitrogens with zero attached hydrogens (tertiary/aromatic N) is 2. The van der Waals surface area contributed by atoms with E-state index in [1.54, 1.807) is 6.92 Å². The number of morpholine rings is 1. The molecule has 1 aliphatic rings. The van der Waals surface area contributed by atoms with Crippen molar-refractivity contribution in [3.8, 4) is 0 Å². The summed E-state index contributed by atoms with van der Waals surface area (Å²) in [6.45, 7) is 12.3. The second-order valence-electron chi connectivity index (χ2n) is 13.3. The quantitative estimate of drug-likeness (QED) is 0.0504. The summed E-state index contributed by atoms with van der Waals surface area (Å²) in [5, 5.41) is 13.7. The van der Waals surface area contributed by atoms with E-state index in [1.165, 1.54) is 13.1 Å². The van der Waals surface area contributed by atoms with Crippen molar-refractivity contribution < 1.29 is 43.0 Å². The molecule has 1 aliphatic heterocycles. The highest BCUT2D eigenvalue weighted by Gasteiger charge is 2.41. The molecule has 0 aromatic heterocycles. The van der Waals surface area contributed by atoms with Crippen LogP contribution in [0.15, 0.2) is 17.0 Å². The highest BCUT2D eigenvalue weighted by molar-refractivity contribution is 5.97. The van der Waals surface area contributed by atoms with Crippen molar-refractivity contribution in [1.29, 1.82) is 5.53 Å². The lowest BCUT2D eigenvalue weighted by atomic mass is 9.88. The van der Waals surface area contributed by atoms with Crippen LogP contribution in [0.5, 0.6) is 0 Å². The molecule has 50 heavy (non-hydrogen) atoms. The van der Waals surface area contributed by atoms with Crippen LogP contribution in [0.25, 0.3) is 0 Å². The number of carbonyl (C=O) groups excluding carboxylic acids is 6. The van der Waals surface area contributed by atoms with Crippen LogP contribution in [0.3, 0.4) is 0 Å². The van der Waals surface area contributed by atoms with E-state index in [0.29, 0.717) is 51.3 Å². The highest BCUT2D eigenvalue weighted by Crippen LogP contribution is 2.22. The summed E-state index contributed by atoms with van der Waals surface area (Å²) >= 11 is 0. The Hall–Kier alpha value is -4.12. The van der Waals surface area contributed by atoms with Gasteiger partial charge in [-0.2, -0.15) is 5.11 Å². The van der Waals surface area contributed by atoms with Gasteiger partial charge >= 0.3 is 6.16 Å². The van der Waals surface area contributed by atoms with E-state index in [2.05, 4.69) is 26.4 Å². The van der Waals surface area contributed by atoms with Gasteiger partial charge in [0.2, 0.25) is 23.6 Å². The summed E-state index contributed by atoms with van der Waals surface area (Å²) in [5.74, 6) is -2.64. The third kappa shape index (κ3) is 17.5. The first-order chi connectivity index (χ1) is 23.6. The number of hydrogen-bond donors (Lipinski definition) is 6. The molecule has 17 nitrogen and oxygen atoms in total. The maximum absolute atomic E-state index is 13.7. The van der Waals surface area contributed by atoms with Crippen molar-refractivity contribution in [3.05, 3.63) is 11.9 Å². The number of rotatable bonds is 23. The van der Waals surface area contributed by atoms with Gasteiger partial charge in [0.1, 0.15) is 6.04 Å². The van der Waals surface area contributed by atoms with E-state index in [-0.39, 0.29) is 56.7 Å². The molecule has 17 heteroatoms. The second kappa shape index (κ2) is 23.3. The maximum Gasteiger partial charge on any atom is 0.509 e. The second-order valence-corrected chi connectivity index (χ2v) is 13.3. The standard InChI is InChI=1S/C33H58N8O9/c1-7-33(6,50-32(47)49-13-9-8-10-24(18-34)40-35)30(45)25(16-22(2)3)38-28(43)20-37-31(46)26(17-23(4)5)39-27(42)19-36-29(44)21-41-11-14-48-15-12-41/h18,22-23,25-26,35H,7-17,19-21,34H2,1-6H3,(H,36,44)(H,37,46)(H,38,43)(H,39,42)/b24-18-,40-35?/t25-,26-,33+/m0/s1. The Balaban J connectivity index is 2.73. The van der Waals surface area contributed by atoms with Crippen molar-refractivity contribution in [3.63, 3.8) is 0 Å². The number of carbonyl (C=O) groups is 6. The van der Waals surface area contributed by atoms with Crippen LogP contribution in [0.2, 0.25) is 0 Å². The van der Waals surface area contributed by atoms with Crippen LogP contribution in [0.1, 0.15) is 80.1 Å². The van der Waals surface area contributed by atoms with E-state index >= 15 is 0 Å². The molecule has 0 spiro atoms. The minimum atomic E-state index is -1.60. The van der Waals surface area contributed by atoms with Gasteiger partial charge in [-0.1, -0.05) is 34.6 Å². The molecule has 0 aliphatic carbocycles. The number of ether oxygens (including phenoxy) is 3. The third-order valence-corrected chi connectivity index (χ3v) is 7.95. The number of allylic oxidation sites excluding steroid dienone is 1. The zero-order valence-corrected chi connectivity index (χ0v) is 30.4. The molecule has 1 rings (SSSR count). The third-order valence-electron chi connectivity index (χ3n) is 7.95. The molecule has 0 unspecified atom stereocenters. The Morgan fingerprint density at radius 1 is 0.920 bits per heavy atom. The zero-order chi connectivity index (χ0) is 37.7. The molecular formula is C33H58N8O9. The summed E-state index contributed by atoms with van der Waals surface area (Å²) < 4.78 is 15.9. The lowest BCUT2D eigenvalue weighted by Crippen LogP contribution is -2.55. The van der Waals surface area contributed by atoms with Crippen molar-refractivity contribution >= 4 is 35.6 Å². The number of ketones is 1. The van der Waals surface area contributed by atoms with Gasteiger partial charge in [-0.3, -0.25) is 28.9 Å². The summed E-state index contributed by atoms with van der Waals surface area (Å²) in [5.41, 5.74) is 11.2. The fourth-order valence-electron chi connectivity index (χ4n) is 5.00. The van der Waals surface area contributed by atoms with E-state index in [9.17, 15) is 28.8 Å². The fraction of sp³-hybridized carbons (Fsp3) is 0.758. The minimum absolute atomic E-state index is 0.0187. The minimum Gasteiger partial charge on any atom is -0.434 e. The molecule has 0 aromatic rings. The smallest absolute Gasteiger partial charge is 0.434 e. The average molecular weight is 711 g/mol. The molecule has 1 fully saturated rings. The number of nitrogens with two attached hydrogens (primary N) is 1. The Bertz CT molecular complexity index is 1170. The number of nitrogens with one attached hydrogen (secondary N) is 5. The van der Waals surface area contributed by atoms with Crippen molar-refractivity contribution in [2.45, 2.75) is 97.8 Å². The number of hydrogen-bond acceptors (Lipinski definition) is 13. The van der Waals surface area contributed by atoms with Crippen LogP contribution in [-0.4, -0.2) is 111 Å². The molecule has 284 valence electrons. The number of unbranched alkanes of at least 4 members (excludes halogenated alkanes) is 1. The molecule has 0 bridgehead atoms. The monoisotopic (exact) mass is 710 g/mol. The van der Waals surface area contributed by atoms with Crippen LogP contribution in [-0.2, 0) is 38.2 Å². The summed E-state index contributed by atoms with van der Waals surface area (Å²) in [6, 6.07) is -1.99. The Labute approximate surface area is 295 Å². The van der Waals surface area contributed by atoms with E-state index < -0.39 is 53.9 Å². The van der Waals surface area contributed by atoms with E-state index in [1.807, 2.05) is 32.6 Å². The van der Waals surface area contributed by atoms with Gasteiger partial charge in [0.25, 0.3) is 0 Å². The average Bonchev–Trinajstić information content (AvgIpc) is 3.06. The molecule has 7 N–H and O–H groups in total. The predicted molar refractivity (Wildman–Crippen MR) is 183 cm³/mol. The normalized spacial score (nSPS) is 16.0. The van der Waals surface area contributed by atoms with Gasteiger partial charge < -0.3 is 41.2 Å². The topological polar surface area (TPSA) is 244 Å². The molecule has 0 saturated carbocycles. The zero-order valence-electron chi connectivity index (χ0n) is 30.4. The summed E-state index contributed by atoms with van der Waals surface area (Å²) in [4.78, 5) is 79.0. The van der Waals surface area contributed by atoms with E-state index in [0.717, 1.165) is 0 Å². The van der Waals surface area contributed by atoms with E-state index in [4.69, 9.17) is 25.5 Å². The van der Waals surface area contributed by atoms with Crippen LogP contribution < -0.4 is 27.0 Å². The van der Waals surface area contributed by atoms with Gasteiger partial charge in [0.15, 0.2) is 11.4 Å². The van der Waals surface area contributed by atoms with Gasteiger partial charge in [0, 0.05) is 19.3 Å². The highest BCUT2D eigenvalue weighted by atomic mass is 16.7. The van der Waals surface area contributed by atoms with Crippen molar-refractivity contribution in [1.82, 2.24) is 26.2 Å². The first kappa shape index (κ1) is 43.9. The van der Waals surface area contributed by atoms with Crippen molar-refractivity contribution in [2.24, 2.45) is 22.7 Å². The van der Waals surface area contributed by atoms with Gasteiger partial charge in [-0.25, -0.2) is 10.3 Å². The van der Waals surface area contributed by atoms with Gasteiger partial charge in [-0.15, -0.1) is 0 Å². The predicted octanol–water partition coefficient (Wildman–Crippen LogP) is 1.51. The molecule has 4 amide bonds. The van der Waals surface area contributed by atoms with Crippen LogP contribution in [0, 0.1) is 17.4 Å². The summed E-state index contributed by atoms with van der Waals surface area (Å²) in [7, 11) is 0. The SMILES string of the molecule is CC[C@@](C)(OC(=O)OCCCC/C(=C/N)N=N)C(=O)[C@H](CC(C)C)NC(=O)CNC(=O)[C@H](CC(C)C)NC(=O)CNC(=O)CN1CCOCC1. The molecule has 0 radical (unpaired) electrons. The number of amides is 4. The molecule has 3 atom stereocenters. The van der Waals surface area contributed by atoms with Crippen molar-refractivity contribution in [2.75, 3.05) is 52.5 Å². The first-order valence-corrected chi connectivity index (χ1v) is 17.3. The largest absolute Gasteiger partial charge is 0.509 e. The number of Topliss-reactive ketones (excluding diaryl/α,β-unsaturated/α-hetero) is 1. The summed E-state index contributed by atoms with van der Waals surface area (Å²) in [6.07, 6.45) is 2.33. The van der Waals surface area contributed by atoms with Crippen LogP contribution >= 0.6 is 0 Å². The molecule has 0 aromatic carbocycles.